The lowest BCUT2D eigenvalue weighted by molar-refractivity contribution is -0.0511. The summed E-state index contributed by atoms with van der Waals surface area (Å²) in [5.74, 6) is 0.263. The third-order valence-corrected chi connectivity index (χ3v) is 3.20. The van der Waals surface area contributed by atoms with E-state index >= 15 is 0 Å². The van der Waals surface area contributed by atoms with Gasteiger partial charge in [-0.1, -0.05) is 0 Å². The number of halogens is 2. The molecule has 0 aliphatic heterocycles. The number of benzene rings is 1. The SMILES string of the molecule is COc1ccc(NCc2cnn(C)c2C)cc1OC(F)F. The van der Waals surface area contributed by atoms with Crippen LogP contribution in [0.1, 0.15) is 11.3 Å². The number of aryl methyl sites for hydroxylation is 1. The van der Waals surface area contributed by atoms with Crippen molar-refractivity contribution in [2.75, 3.05) is 12.4 Å². The summed E-state index contributed by atoms with van der Waals surface area (Å²) < 4.78 is 35.9. The zero-order chi connectivity index (χ0) is 15.4. The van der Waals surface area contributed by atoms with Crippen LogP contribution in [0.15, 0.2) is 24.4 Å². The summed E-state index contributed by atoms with van der Waals surface area (Å²) in [6, 6.07) is 4.80. The van der Waals surface area contributed by atoms with Crippen molar-refractivity contribution in [1.29, 1.82) is 0 Å². The van der Waals surface area contributed by atoms with Gasteiger partial charge in [-0.15, -0.1) is 0 Å². The third kappa shape index (κ3) is 3.62. The highest BCUT2D eigenvalue weighted by atomic mass is 19.3. The molecule has 114 valence electrons. The van der Waals surface area contributed by atoms with Crippen molar-refractivity contribution in [3.05, 3.63) is 35.7 Å². The van der Waals surface area contributed by atoms with Crippen LogP contribution >= 0.6 is 0 Å². The van der Waals surface area contributed by atoms with E-state index in [1.165, 1.54) is 13.2 Å². The quantitative estimate of drug-likeness (QED) is 0.890. The minimum Gasteiger partial charge on any atom is -0.493 e. The van der Waals surface area contributed by atoms with E-state index in [0.29, 0.717) is 12.2 Å². The number of nitrogens with zero attached hydrogens (tertiary/aromatic N) is 2. The maximum atomic E-state index is 12.4. The van der Waals surface area contributed by atoms with E-state index in [1.54, 1.807) is 23.0 Å². The second-order valence-electron chi connectivity index (χ2n) is 4.48. The number of hydrogen-bond donors (Lipinski definition) is 1. The Bertz CT molecular complexity index is 614. The highest BCUT2D eigenvalue weighted by Gasteiger charge is 2.11. The van der Waals surface area contributed by atoms with Crippen LogP contribution in [0.5, 0.6) is 11.5 Å². The molecule has 7 heteroatoms. The molecule has 1 aromatic heterocycles. The van der Waals surface area contributed by atoms with Crippen LogP contribution in [0.3, 0.4) is 0 Å². The summed E-state index contributed by atoms with van der Waals surface area (Å²) in [5, 5.41) is 7.29. The Kier molecular flexibility index (Phi) is 4.62. The average Bonchev–Trinajstić information content (AvgIpc) is 2.76. The molecule has 0 saturated heterocycles. The monoisotopic (exact) mass is 297 g/mol. The van der Waals surface area contributed by atoms with Crippen LogP contribution < -0.4 is 14.8 Å². The number of aromatic nitrogens is 2. The van der Waals surface area contributed by atoms with Crippen LogP contribution in [-0.2, 0) is 13.6 Å². The zero-order valence-electron chi connectivity index (χ0n) is 12.1. The Hall–Kier alpha value is -2.31. The molecule has 0 atom stereocenters. The molecule has 2 aromatic rings. The van der Waals surface area contributed by atoms with Crippen molar-refractivity contribution in [2.24, 2.45) is 7.05 Å². The van der Waals surface area contributed by atoms with Crippen molar-refractivity contribution < 1.29 is 18.3 Å². The molecule has 1 aromatic carbocycles. The summed E-state index contributed by atoms with van der Waals surface area (Å²) in [4.78, 5) is 0. The van der Waals surface area contributed by atoms with Gasteiger partial charge in [0.15, 0.2) is 11.5 Å². The van der Waals surface area contributed by atoms with Gasteiger partial charge < -0.3 is 14.8 Å². The maximum absolute atomic E-state index is 12.4. The van der Waals surface area contributed by atoms with Gasteiger partial charge in [0.2, 0.25) is 0 Å². The Morgan fingerprint density at radius 3 is 2.67 bits per heavy atom. The highest BCUT2D eigenvalue weighted by Crippen LogP contribution is 2.31. The standard InChI is InChI=1S/C14H17F2N3O2/c1-9-10(8-18-19(9)2)7-17-11-4-5-12(20-3)13(6-11)21-14(15)16/h4-6,8,14,17H,7H2,1-3H3. The number of hydrogen-bond acceptors (Lipinski definition) is 4. The minimum atomic E-state index is -2.89. The van der Waals surface area contributed by atoms with Gasteiger partial charge in [-0.25, -0.2) is 0 Å². The van der Waals surface area contributed by atoms with Crippen molar-refractivity contribution in [3.8, 4) is 11.5 Å². The lowest BCUT2D eigenvalue weighted by Crippen LogP contribution is -2.05. The van der Waals surface area contributed by atoms with Gasteiger partial charge in [0.1, 0.15) is 0 Å². The van der Waals surface area contributed by atoms with Gasteiger partial charge in [0, 0.05) is 36.6 Å². The predicted octanol–water partition coefficient (Wildman–Crippen LogP) is 2.95. The van der Waals surface area contributed by atoms with E-state index in [2.05, 4.69) is 15.2 Å². The molecule has 0 amide bonds. The topological polar surface area (TPSA) is 48.3 Å². The molecule has 1 N–H and O–H groups in total. The number of ether oxygens (including phenoxy) is 2. The van der Waals surface area contributed by atoms with Crippen LogP contribution in [0, 0.1) is 6.92 Å². The summed E-state index contributed by atoms with van der Waals surface area (Å²) in [5.41, 5.74) is 2.74. The third-order valence-electron chi connectivity index (χ3n) is 3.20. The van der Waals surface area contributed by atoms with Crippen LogP contribution in [0.4, 0.5) is 14.5 Å². The fourth-order valence-corrected chi connectivity index (χ4v) is 1.89. The second-order valence-corrected chi connectivity index (χ2v) is 4.48. The number of rotatable bonds is 6. The molecule has 0 spiro atoms. The largest absolute Gasteiger partial charge is 0.493 e. The molecule has 5 nitrogen and oxygen atoms in total. The molecular formula is C14H17F2N3O2. The molecule has 1 heterocycles. The van der Waals surface area contributed by atoms with E-state index in [-0.39, 0.29) is 11.5 Å². The van der Waals surface area contributed by atoms with Crippen molar-refractivity contribution >= 4 is 5.69 Å². The van der Waals surface area contributed by atoms with Gasteiger partial charge in [0.05, 0.1) is 13.3 Å². The van der Waals surface area contributed by atoms with Crippen molar-refractivity contribution in [1.82, 2.24) is 9.78 Å². The average molecular weight is 297 g/mol. The Morgan fingerprint density at radius 2 is 2.10 bits per heavy atom. The van der Waals surface area contributed by atoms with Gasteiger partial charge in [0.25, 0.3) is 0 Å². The summed E-state index contributed by atoms with van der Waals surface area (Å²) in [7, 11) is 3.26. The fourth-order valence-electron chi connectivity index (χ4n) is 1.89. The smallest absolute Gasteiger partial charge is 0.387 e. The van der Waals surface area contributed by atoms with Gasteiger partial charge in [-0.05, 0) is 19.1 Å². The predicted molar refractivity (Wildman–Crippen MR) is 74.9 cm³/mol. The first-order valence-electron chi connectivity index (χ1n) is 6.35. The van der Waals surface area contributed by atoms with E-state index in [4.69, 9.17) is 4.74 Å². The van der Waals surface area contributed by atoms with Crippen LogP contribution in [0.25, 0.3) is 0 Å². The van der Waals surface area contributed by atoms with Crippen LogP contribution in [0.2, 0.25) is 0 Å². The minimum absolute atomic E-state index is 0.000378. The van der Waals surface area contributed by atoms with Gasteiger partial charge in [-0.2, -0.15) is 13.9 Å². The van der Waals surface area contributed by atoms with Crippen molar-refractivity contribution in [3.63, 3.8) is 0 Å². The zero-order valence-corrected chi connectivity index (χ0v) is 12.1. The summed E-state index contributed by atoms with van der Waals surface area (Å²) >= 11 is 0. The Balaban J connectivity index is 2.11. The number of methoxy groups -OCH3 is 1. The lowest BCUT2D eigenvalue weighted by atomic mass is 10.2. The normalized spacial score (nSPS) is 10.8. The molecule has 0 unspecified atom stereocenters. The molecule has 0 fully saturated rings. The molecule has 0 bridgehead atoms. The molecule has 0 aliphatic rings. The molecule has 2 rings (SSSR count). The lowest BCUT2D eigenvalue weighted by Gasteiger charge is -2.12. The summed E-state index contributed by atoms with van der Waals surface area (Å²) in [6.07, 6.45) is 1.77. The van der Waals surface area contributed by atoms with Crippen molar-refractivity contribution in [2.45, 2.75) is 20.1 Å². The van der Waals surface area contributed by atoms with Gasteiger partial charge >= 0.3 is 6.61 Å². The summed E-state index contributed by atoms with van der Waals surface area (Å²) in [6.45, 7) is -0.390. The molecule has 21 heavy (non-hydrogen) atoms. The first-order chi connectivity index (χ1) is 10.0. The van der Waals surface area contributed by atoms with E-state index in [0.717, 1.165) is 11.3 Å². The van der Waals surface area contributed by atoms with E-state index < -0.39 is 6.61 Å². The molecule has 0 radical (unpaired) electrons. The number of alkyl halides is 2. The second kappa shape index (κ2) is 6.43. The Morgan fingerprint density at radius 1 is 1.33 bits per heavy atom. The first-order valence-corrected chi connectivity index (χ1v) is 6.35. The molecular weight excluding hydrogens is 280 g/mol. The van der Waals surface area contributed by atoms with Crippen LogP contribution in [-0.4, -0.2) is 23.5 Å². The highest BCUT2D eigenvalue weighted by molar-refractivity contribution is 5.55. The molecule has 0 saturated carbocycles. The van der Waals surface area contributed by atoms with E-state index in [9.17, 15) is 8.78 Å². The van der Waals surface area contributed by atoms with E-state index in [1.807, 2.05) is 14.0 Å². The number of nitrogens with one attached hydrogen (secondary N) is 1. The number of anilines is 1. The maximum Gasteiger partial charge on any atom is 0.387 e. The molecule has 0 aliphatic carbocycles. The van der Waals surface area contributed by atoms with Gasteiger partial charge in [-0.3, -0.25) is 4.68 Å². The fraction of sp³-hybridized carbons (Fsp3) is 0.357. The first kappa shape index (κ1) is 15.1. The Labute approximate surface area is 121 Å².